The molecule has 0 radical (unpaired) electrons. The fourth-order valence-corrected chi connectivity index (χ4v) is 1.41. The summed E-state index contributed by atoms with van der Waals surface area (Å²) in [5.74, 6) is 0. The molecule has 3 nitrogen and oxygen atoms in total. The first-order valence-electron chi connectivity index (χ1n) is 6.69. The first-order valence-corrected chi connectivity index (χ1v) is 6.69. The van der Waals surface area contributed by atoms with Gasteiger partial charge < -0.3 is 14.3 Å². The van der Waals surface area contributed by atoms with Crippen molar-refractivity contribution in [3.05, 3.63) is 12.3 Å². The number of unbranched alkanes of at least 4 members (excludes halogenated alkanes) is 6. The van der Waals surface area contributed by atoms with Crippen LogP contribution in [0.1, 0.15) is 58.3 Å². The van der Waals surface area contributed by atoms with Gasteiger partial charge in [0.1, 0.15) is 6.29 Å². The van der Waals surface area contributed by atoms with E-state index in [1.807, 2.05) is 6.08 Å². The summed E-state index contributed by atoms with van der Waals surface area (Å²) in [4.78, 5) is 10.0. The van der Waals surface area contributed by atoms with E-state index < -0.39 is 0 Å². The molecule has 0 aliphatic carbocycles. The van der Waals surface area contributed by atoms with Gasteiger partial charge in [-0.1, -0.05) is 32.6 Å². The minimum Gasteiger partial charge on any atom is -0.475 e. The average molecular weight is 242 g/mol. The Bertz CT molecular complexity index is 178. The van der Waals surface area contributed by atoms with Gasteiger partial charge in [-0.3, -0.25) is 0 Å². The van der Waals surface area contributed by atoms with Crippen LogP contribution in [0, 0.1) is 0 Å². The van der Waals surface area contributed by atoms with Gasteiger partial charge in [0.25, 0.3) is 0 Å². The van der Waals surface area contributed by atoms with Crippen molar-refractivity contribution in [2.75, 3.05) is 13.4 Å². The van der Waals surface area contributed by atoms with Crippen LogP contribution in [0.3, 0.4) is 0 Å². The van der Waals surface area contributed by atoms with E-state index in [-0.39, 0.29) is 0 Å². The average Bonchev–Trinajstić information content (AvgIpc) is 2.35. The molecule has 0 heterocycles. The van der Waals surface area contributed by atoms with E-state index in [0.29, 0.717) is 13.2 Å². The highest BCUT2D eigenvalue weighted by Crippen LogP contribution is 2.02. The van der Waals surface area contributed by atoms with Gasteiger partial charge in [-0.15, -0.1) is 0 Å². The van der Waals surface area contributed by atoms with Gasteiger partial charge in [-0.05, 0) is 25.3 Å². The molecule has 0 amide bonds. The van der Waals surface area contributed by atoms with Crippen molar-refractivity contribution in [3.8, 4) is 0 Å². The van der Waals surface area contributed by atoms with Crippen LogP contribution in [0.4, 0.5) is 0 Å². The summed E-state index contributed by atoms with van der Waals surface area (Å²) in [6.45, 7) is 3.33. The Labute approximate surface area is 105 Å². The molecule has 0 aromatic rings. The van der Waals surface area contributed by atoms with E-state index in [9.17, 15) is 4.79 Å². The predicted octanol–water partition coefficient (Wildman–Crippen LogP) is 3.83. The lowest BCUT2D eigenvalue weighted by atomic mass is 10.2. The standard InChI is InChI=1S/C14H26O3/c1-2-3-4-6-9-12-16-14-17-13-10-7-5-8-11-15/h10-11,13H,2-9,12,14H2,1H3. The minimum absolute atomic E-state index is 0.331. The van der Waals surface area contributed by atoms with Crippen molar-refractivity contribution in [3.63, 3.8) is 0 Å². The smallest absolute Gasteiger partial charge is 0.188 e. The molecular weight excluding hydrogens is 216 g/mol. The number of hydrogen-bond donors (Lipinski definition) is 0. The van der Waals surface area contributed by atoms with E-state index in [1.165, 1.54) is 25.7 Å². The Morgan fingerprint density at radius 3 is 2.59 bits per heavy atom. The molecule has 0 fully saturated rings. The highest BCUT2D eigenvalue weighted by Gasteiger charge is 1.89. The van der Waals surface area contributed by atoms with Crippen LogP contribution in [-0.2, 0) is 14.3 Å². The predicted molar refractivity (Wildman–Crippen MR) is 69.7 cm³/mol. The molecule has 100 valence electrons. The molecule has 17 heavy (non-hydrogen) atoms. The van der Waals surface area contributed by atoms with Gasteiger partial charge in [-0.2, -0.15) is 0 Å². The van der Waals surface area contributed by atoms with Gasteiger partial charge in [0.15, 0.2) is 6.79 Å². The fourth-order valence-electron chi connectivity index (χ4n) is 1.41. The van der Waals surface area contributed by atoms with E-state index in [1.54, 1.807) is 6.26 Å². The number of aldehydes is 1. The summed E-state index contributed by atoms with van der Waals surface area (Å²) in [6.07, 6.45) is 13.2. The molecule has 0 atom stereocenters. The monoisotopic (exact) mass is 242 g/mol. The van der Waals surface area contributed by atoms with Crippen LogP contribution < -0.4 is 0 Å². The zero-order valence-corrected chi connectivity index (χ0v) is 11.0. The largest absolute Gasteiger partial charge is 0.475 e. The van der Waals surface area contributed by atoms with Crippen molar-refractivity contribution in [2.24, 2.45) is 0 Å². The van der Waals surface area contributed by atoms with Crippen molar-refractivity contribution in [1.29, 1.82) is 0 Å². The quantitative estimate of drug-likeness (QED) is 0.213. The summed E-state index contributed by atoms with van der Waals surface area (Å²) in [6, 6.07) is 0. The maximum absolute atomic E-state index is 10.0. The van der Waals surface area contributed by atoms with Gasteiger partial charge in [0.05, 0.1) is 12.9 Å². The van der Waals surface area contributed by atoms with Gasteiger partial charge in [-0.25, -0.2) is 0 Å². The maximum atomic E-state index is 10.0. The molecule has 0 N–H and O–H groups in total. The van der Waals surface area contributed by atoms with Crippen LogP contribution in [0.15, 0.2) is 12.3 Å². The zero-order chi connectivity index (χ0) is 12.6. The lowest BCUT2D eigenvalue weighted by Crippen LogP contribution is -1.97. The van der Waals surface area contributed by atoms with E-state index >= 15 is 0 Å². The summed E-state index contributed by atoms with van der Waals surface area (Å²) in [5, 5.41) is 0. The molecular formula is C14H26O3. The van der Waals surface area contributed by atoms with Crippen molar-refractivity contribution in [2.45, 2.75) is 58.3 Å². The molecule has 0 aliphatic heterocycles. The molecule has 0 rings (SSSR count). The number of carbonyl (C=O) groups is 1. The second-order valence-corrected chi connectivity index (χ2v) is 4.08. The van der Waals surface area contributed by atoms with Gasteiger partial charge in [0, 0.05) is 6.42 Å². The Balaban J connectivity index is 3.00. The number of allylic oxidation sites excluding steroid dienone is 1. The second kappa shape index (κ2) is 15.2. The highest BCUT2D eigenvalue weighted by molar-refractivity contribution is 5.48. The third-order valence-electron chi connectivity index (χ3n) is 2.43. The Morgan fingerprint density at radius 2 is 1.82 bits per heavy atom. The zero-order valence-electron chi connectivity index (χ0n) is 11.0. The molecule has 0 aromatic carbocycles. The topological polar surface area (TPSA) is 35.5 Å². The second-order valence-electron chi connectivity index (χ2n) is 4.08. The molecule has 0 aliphatic rings. The summed E-state index contributed by atoms with van der Waals surface area (Å²) < 4.78 is 10.5. The SMILES string of the molecule is CCCCCCCOCOC=CCCCC=O. The van der Waals surface area contributed by atoms with Crippen LogP contribution in [0.2, 0.25) is 0 Å². The molecule has 0 aromatic heterocycles. The summed E-state index contributed by atoms with van der Waals surface area (Å²) >= 11 is 0. The summed E-state index contributed by atoms with van der Waals surface area (Å²) in [7, 11) is 0. The normalized spacial score (nSPS) is 10.9. The van der Waals surface area contributed by atoms with E-state index in [0.717, 1.165) is 32.2 Å². The Morgan fingerprint density at radius 1 is 1.00 bits per heavy atom. The van der Waals surface area contributed by atoms with Crippen LogP contribution in [-0.4, -0.2) is 19.7 Å². The number of rotatable bonds is 13. The van der Waals surface area contributed by atoms with E-state index in [4.69, 9.17) is 9.47 Å². The van der Waals surface area contributed by atoms with E-state index in [2.05, 4.69) is 6.92 Å². The van der Waals surface area contributed by atoms with Gasteiger partial charge >= 0.3 is 0 Å². The Kier molecular flexibility index (Phi) is 14.4. The molecule has 0 saturated heterocycles. The van der Waals surface area contributed by atoms with Gasteiger partial charge in [0.2, 0.25) is 0 Å². The van der Waals surface area contributed by atoms with Crippen LogP contribution in [0.5, 0.6) is 0 Å². The molecule has 0 unspecified atom stereocenters. The lowest BCUT2D eigenvalue weighted by molar-refractivity contribution is -0.107. The fraction of sp³-hybridized carbons (Fsp3) is 0.786. The van der Waals surface area contributed by atoms with Crippen molar-refractivity contribution in [1.82, 2.24) is 0 Å². The molecule has 0 bridgehead atoms. The highest BCUT2D eigenvalue weighted by atomic mass is 16.7. The van der Waals surface area contributed by atoms with Crippen LogP contribution in [0.25, 0.3) is 0 Å². The first-order chi connectivity index (χ1) is 8.41. The van der Waals surface area contributed by atoms with Crippen LogP contribution >= 0.6 is 0 Å². The van der Waals surface area contributed by atoms with Crippen molar-refractivity contribution >= 4 is 6.29 Å². The Hall–Kier alpha value is -0.830. The molecule has 0 spiro atoms. The first kappa shape index (κ1) is 16.2. The number of ether oxygens (including phenoxy) is 2. The molecule has 0 saturated carbocycles. The maximum Gasteiger partial charge on any atom is 0.188 e. The van der Waals surface area contributed by atoms with Crippen molar-refractivity contribution < 1.29 is 14.3 Å². The number of carbonyl (C=O) groups excluding carboxylic acids is 1. The third kappa shape index (κ3) is 15.2. The third-order valence-corrected chi connectivity index (χ3v) is 2.43. The summed E-state index contributed by atoms with van der Waals surface area (Å²) in [5.41, 5.74) is 0. The lowest BCUT2D eigenvalue weighted by Gasteiger charge is -2.03. The minimum atomic E-state index is 0.331. The number of hydrogen-bond acceptors (Lipinski definition) is 3. The molecule has 3 heteroatoms.